The van der Waals surface area contributed by atoms with Crippen molar-refractivity contribution in [2.45, 2.75) is 19.4 Å². The molecular formula is C28H30F2N8O2. The lowest BCUT2D eigenvalue weighted by molar-refractivity contribution is -0.111. The summed E-state index contributed by atoms with van der Waals surface area (Å²) in [6, 6.07) is 10.1. The molecule has 1 aliphatic rings. The molecule has 2 aromatic carbocycles. The van der Waals surface area contributed by atoms with E-state index >= 15 is 8.78 Å². The van der Waals surface area contributed by atoms with Crippen molar-refractivity contribution < 1.29 is 18.7 Å². The van der Waals surface area contributed by atoms with Crippen molar-refractivity contribution in [3.63, 3.8) is 0 Å². The van der Waals surface area contributed by atoms with Gasteiger partial charge in [-0.15, -0.1) is 0 Å². The van der Waals surface area contributed by atoms with Gasteiger partial charge >= 0.3 is 0 Å². The number of piperazine rings is 1. The third-order valence-electron chi connectivity index (χ3n) is 6.52. The van der Waals surface area contributed by atoms with Crippen LogP contribution < -0.4 is 15.5 Å². The van der Waals surface area contributed by atoms with Gasteiger partial charge < -0.3 is 20.6 Å². The Morgan fingerprint density at radius 2 is 1.95 bits per heavy atom. The highest BCUT2D eigenvalue weighted by molar-refractivity contribution is 5.99. The molecule has 0 aliphatic carbocycles. The number of carbonyl (C=O) groups excluding carboxylic acids is 1. The van der Waals surface area contributed by atoms with E-state index in [9.17, 15) is 9.90 Å². The lowest BCUT2D eigenvalue weighted by atomic mass is 10.1. The molecule has 1 fully saturated rings. The number of carbonyl (C=O) groups is 1. The number of amides is 1. The first-order valence-corrected chi connectivity index (χ1v) is 12.8. The molecule has 4 aromatic rings. The van der Waals surface area contributed by atoms with Crippen LogP contribution in [0, 0.1) is 11.6 Å². The monoisotopic (exact) mass is 548 g/mol. The molecule has 10 nitrogen and oxygen atoms in total. The van der Waals surface area contributed by atoms with Crippen molar-refractivity contribution in [1.29, 1.82) is 0 Å². The summed E-state index contributed by atoms with van der Waals surface area (Å²) in [7, 11) is 0. The Bertz CT molecular complexity index is 1560. The van der Waals surface area contributed by atoms with Crippen LogP contribution in [0.2, 0.25) is 0 Å². The molecule has 12 heteroatoms. The standard InChI is InChI=1S/C28H30F2N8O2/c1-4-22(39)32-18-7-5-6-17(14-18)25-26-20(35-36-25)15-31-27(34-26)33-19-8-9-21(24(30)23(19)29)38-12-10-37(11-13-38)16-28(2,3)40/h4-9,14-15,40H,1,10-13,16H2,2-3H3,(H,32,39)(H,35,36)(H,31,33,34). The zero-order chi connectivity index (χ0) is 28.4. The van der Waals surface area contributed by atoms with Crippen LogP contribution in [0.1, 0.15) is 13.8 Å². The number of fused-ring (bicyclic) bond motifs is 1. The van der Waals surface area contributed by atoms with Gasteiger partial charge in [0.1, 0.15) is 16.7 Å². The number of aliphatic hydroxyl groups is 1. The summed E-state index contributed by atoms with van der Waals surface area (Å²) in [5.41, 5.74) is 2.02. The van der Waals surface area contributed by atoms with Gasteiger partial charge in [-0.2, -0.15) is 5.10 Å². The van der Waals surface area contributed by atoms with E-state index in [1.807, 2.05) is 6.07 Å². The summed E-state index contributed by atoms with van der Waals surface area (Å²) in [5.74, 6) is -2.26. The van der Waals surface area contributed by atoms with Crippen molar-refractivity contribution in [3.05, 3.63) is 66.9 Å². The topological polar surface area (TPSA) is 122 Å². The van der Waals surface area contributed by atoms with E-state index in [2.05, 4.69) is 42.3 Å². The zero-order valence-electron chi connectivity index (χ0n) is 22.2. The average molecular weight is 549 g/mol. The molecule has 0 bridgehead atoms. The highest BCUT2D eigenvalue weighted by Gasteiger charge is 2.26. The van der Waals surface area contributed by atoms with E-state index in [0.717, 1.165) is 0 Å². The van der Waals surface area contributed by atoms with Gasteiger partial charge in [0.25, 0.3) is 0 Å². The number of aromatic amines is 1. The van der Waals surface area contributed by atoms with Gasteiger partial charge in [0.05, 0.1) is 23.2 Å². The van der Waals surface area contributed by atoms with Crippen molar-refractivity contribution in [3.8, 4) is 11.3 Å². The number of H-pyrrole nitrogens is 1. The molecule has 0 radical (unpaired) electrons. The number of nitrogens with zero attached hydrogens (tertiary/aromatic N) is 5. The maximum Gasteiger partial charge on any atom is 0.247 e. The molecular weight excluding hydrogens is 518 g/mol. The first kappa shape index (κ1) is 27.2. The lowest BCUT2D eigenvalue weighted by Gasteiger charge is -2.38. The third-order valence-corrected chi connectivity index (χ3v) is 6.52. The molecule has 0 spiro atoms. The van der Waals surface area contributed by atoms with Crippen LogP contribution in [-0.4, -0.2) is 74.4 Å². The second-order valence-corrected chi connectivity index (χ2v) is 10.3. The quantitative estimate of drug-likeness (QED) is 0.243. The number of hydrogen-bond donors (Lipinski definition) is 4. The van der Waals surface area contributed by atoms with Crippen LogP contribution in [-0.2, 0) is 4.79 Å². The van der Waals surface area contributed by atoms with Crippen LogP contribution in [0.5, 0.6) is 0 Å². The van der Waals surface area contributed by atoms with Gasteiger partial charge in [-0.25, -0.2) is 18.7 Å². The fraction of sp³-hybridized carbons (Fsp3) is 0.286. The van der Waals surface area contributed by atoms with Gasteiger partial charge in [-0.1, -0.05) is 18.7 Å². The number of aromatic nitrogens is 4. The minimum atomic E-state index is -1.03. The molecule has 40 heavy (non-hydrogen) atoms. The minimum Gasteiger partial charge on any atom is -0.389 e. The van der Waals surface area contributed by atoms with E-state index in [1.165, 1.54) is 24.4 Å². The van der Waals surface area contributed by atoms with E-state index in [-0.39, 0.29) is 23.2 Å². The SMILES string of the molecule is C=CC(=O)Nc1cccc(-c2n[nH]c3cnc(Nc4ccc(N5CCN(CC(C)(C)O)CC5)c(F)c4F)nc23)c1. The molecule has 0 unspecified atom stereocenters. The number of anilines is 4. The Labute approximate surface area is 229 Å². The normalized spacial score (nSPS) is 14.4. The van der Waals surface area contributed by atoms with Crippen molar-refractivity contribution in [2.24, 2.45) is 0 Å². The summed E-state index contributed by atoms with van der Waals surface area (Å²) in [6.45, 7) is 9.76. The zero-order valence-corrected chi connectivity index (χ0v) is 22.2. The van der Waals surface area contributed by atoms with Gasteiger partial charge in [0, 0.05) is 44.0 Å². The number of halogens is 2. The second kappa shape index (κ2) is 11.0. The summed E-state index contributed by atoms with van der Waals surface area (Å²) < 4.78 is 30.3. The molecule has 1 aliphatic heterocycles. The fourth-order valence-corrected chi connectivity index (χ4v) is 4.71. The molecule has 1 amide bonds. The Morgan fingerprint density at radius 3 is 2.67 bits per heavy atom. The third kappa shape index (κ3) is 5.92. The average Bonchev–Trinajstić information content (AvgIpc) is 3.35. The van der Waals surface area contributed by atoms with Gasteiger partial charge in [-0.05, 0) is 44.2 Å². The van der Waals surface area contributed by atoms with Gasteiger partial charge in [0.2, 0.25) is 11.9 Å². The fourth-order valence-electron chi connectivity index (χ4n) is 4.71. The summed E-state index contributed by atoms with van der Waals surface area (Å²) in [4.78, 5) is 24.3. The van der Waals surface area contributed by atoms with Crippen LogP contribution in [0.3, 0.4) is 0 Å². The largest absolute Gasteiger partial charge is 0.389 e. The van der Waals surface area contributed by atoms with Crippen molar-refractivity contribution >= 4 is 40.0 Å². The Kier molecular flexibility index (Phi) is 7.46. The van der Waals surface area contributed by atoms with E-state index in [1.54, 1.807) is 36.9 Å². The van der Waals surface area contributed by atoms with E-state index in [0.29, 0.717) is 60.7 Å². The molecule has 0 atom stereocenters. The Balaban J connectivity index is 1.34. The number of nitrogens with one attached hydrogen (secondary N) is 3. The summed E-state index contributed by atoms with van der Waals surface area (Å²) in [6.07, 6.45) is 2.68. The van der Waals surface area contributed by atoms with Crippen LogP contribution in [0.25, 0.3) is 22.3 Å². The highest BCUT2D eigenvalue weighted by atomic mass is 19.2. The van der Waals surface area contributed by atoms with Crippen LogP contribution in [0.15, 0.2) is 55.3 Å². The first-order valence-electron chi connectivity index (χ1n) is 12.8. The van der Waals surface area contributed by atoms with Crippen molar-refractivity contribution in [1.82, 2.24) is 25.1 Å². The van der Waals surface area contributed by atoms with Gasteiger partial charge in [0.15, 0.2) is 11.6 Å². The van der Waals surface area contributed by atoms with E-state index in [4.69, 9.17) is 0 Å². The molecule has 1 saturated heterocycles. The minimum absolute atomic E-state index is 0.0672. The predicted molar refractivity (Wildman–Crippen MR) is 151 cm³/mol. The molecule has 0 saturated carbocycles. The number of benzene rings is 2. The summed E-state index contributed by atoms with van der Waals surface area (Å²) >= 11 is 0. The predicted octanol–water partition coefficient (Wildman–Crippen LogP) is 4.06. The lowest BCUT2D eigenvalue weighted by Crippen LogP contribution is -2.50. The molecule has 4 N–H and O–H groups in total. The van der Waals surface area contributed by atoms with Crippen molar-refractivity contribution in [2.75, 3.05) is 48.3 Å². The first-order chi connectivity index (χ1) is 19.1. The van der Waals surface area contributed by atoms with Crippen LogP contribution >= 0.6 is 0 Å². The second-order valence-electron chi connectivity index (χ2n) is 10.3. The number of hydrogen-bond acceptors (Lipinski definition) is 8. The Morgan fingerprint density at radius 1 is 1.18 bits per heavy atom. The molecule has 2 aromatic heterocycles. The smallest absolute Gasteiger partial charge is 0.247 e. The molecule has 5 rings (SSSR count). The van der Waals surface area contributed by atoms with Crippen LogP contribution in [0.4, 0.5) is 31.8 Å². The maximum atomic E-state index is 15.2. The van der Waals surface area contributed by atoms with Gasteiger partial charge in [-0.3, -0.25) is 14.8 Å². The highest BCUT2D eigenvalue weighted by Crippen LogP contribution is 2.31. The number of rotatable bonds is 8. The maximum absolute atomic E-state index is 15.2. The molecule has 3 heterocycles. The number of β-amino-alcohol motifs (C(OH)–C–C–N with tert-alkyl or cyclic N) is 1. The summed E-state index contributed by atoms with van der Waals surface area (Å²) in [5, 5.41) is 22.7. The molecule has 208 valence electrons. The Hall–Kier alpha value is -4.42. The van der Waals surface area contributed by atoms with E-state index < -0.39 is 17.2 Å².